The molecule has 0 radical (unpaired) electrons. The lowest BCUT2D eigenvalue weighted by atomic mass is 10.1. The highest BCUT2D eigenvalue weighted by atomic mass is 16.5. The van der Waals surface area contributed by atoms with E-state index in [1.54, 1.807) is 26.2 Å². The second-order valence-corrected chi connectivity index (χ2v) is 4.71. The van der Waals surface area contributed by atoms with Gasteiger partial charge in [0, 0.05) is 19.2 Å². The molecule has 1 aromatic carbocycles. The molecule has 0 saturated heterocycles. The Labute approximate surface area is 125 Å². The predicted octanol–water partition coefficient (Wildman–Crippen LogP) is 0.0687. The van der Waals surface area contributed by atoms with E-state index < -0.39 is 6.04 Å². The Hall–Kier alpha value is -1.92. The molecule has 0 saturated carbocycles. The molecule has 0 aliphatic rings. The summed E-state index contributed by atoms with van der Waals surface area (Å²) >= 11 is 0. The summed E-state index contributed by atoms with van der Waals surface area (Å²) < 4.78 is 4.84. The Morgan fingerprint density at radius 2 is 1.95 bits per heavy atom. The van der Waals surface area contributed by atoms with Crippen molar-refractivity contribution in [1.29, 1.82) is 0 Å². The van der Waals surface area contributed by atoms with Crippen LogP contribution in [0.25, 0.3) is 0 Å². The molecule has 0 fully saturated rings. The van der Waals surface area contributed by atoms with Gasteiger partial charge in [0.05, 0.1) is 6.61 Å². The molecule has 0 aromatic heterocycles. The standard InChI is InChI=1S/C15H23N3O3/c1-11(14(19)17-9-10-21-2)18-15(20)13-5-3-12(4-6-13)7-8-16/h3-6,11H,7-10,16H2,1-2H3,(H,17,19)(H,18,20). The Morgan fingerprint density at radius 3 is 2.52 bits per heavy atom. The minimum atomic E-state index is -0.599. The Kier molecular flexibility index (Phi) is 7.42. The monoisotopic (exact) mass is 293 g/mol. The molecule has 4 N–H and O–H groups in total. The maximum Gasteiger partial charge on any atom is 0.251 e. The molecule has 0 heterocycles. The van der Waals surface area contributed by atoms with Crippen LogP contribution < -0.4 is 16.4 Å². The minimum absolute atomic E-state index is 0.236. The fraction of sp³-hybridized carbons (Fsp3) is 0.467. The van der Waals surface area contributed by atoms with E-state index in [0.29, 0.717) is 25.3 Å². The van der Waals surface area contributed by atoms with Crippen LogP contribution in [0.1, 0.15) is 22.8 Å². The van der Waals surface area contributed by atoms with Crippen LogP contribution in [0.2, 0.25) is 0 Å². The first-order valence-electron chi connectivity index (χ1n) is 6.95. The van der Waals surface area contributed by atoms with E-state index in [0.717, 1.165) is 12.0 Å². The van der Waals surface area contributed by atoms with Gasteiger partial charge in [-0.1, -0.05) is 12.1 Å². The van der Waals surface area contributed by atoms with Crippen molar-refractivity contribution in [3.63, 3.8) is 0 Å². The van der Waals surface area contributed by atoms with E-state index in [1.165, 1.54) is 0 Å². The van der Waals surface area contributed by atoms with Crippen LogP contribution in [0, 0.1) is 0 Å². The topological polar surface area (TPSA) is 93.5 Å². The summed E-state index contributed by atoms with van der Waals surface area (Å²) in [5, 5.41) is 5.33. The fourth-order valence-electron chi connectivity index (χ4n) is 1.76. The maximum atomic E-state index is 12.0. The van der Waals surface area contributed by atoms with Gasteiger partial charge in [-0.25, -0.2) is 0 Å². The van der Waals surface area contributed by atoms with Crippen LogP contribution in [-0.4, -0.2) is 44.7 Å². The van der Waals surface area contributed by atoms with Crippen molar-refractivity contribution in [2.24, 2.45) is 5.73 Å². The summed E-state index contributed by atoms with van der Waals surface area (Å²) in [4.78, 5) is 23.7. The SMILES string of the molecule is COCCNC(=O)C(C)NC(=O)c1ccc(CCN)cc1. The van der Waals surface area contributed by atoms with Crippen molar-refractivity contribution in [3.8, 4) is 0 Å². The number of nitrogens with two attached hydrogens (primary N) is 1. The van der Waals surface area contributed by atoms with Crippen LogP contribution in [-0.2, 0) is 16.0 Å². The van der Waals surface area contributed by atoms with Crippen molar-refractivity contribution in [1.82, 2.24) is 10.6 Å². The van der Waals surface area contributed by atoms with Crippen LogP contribution in [0.5, 0.6) is 0 Å². The summed E-state index contributed by atoms with van der Waals surface area (Å²) in [6.07, 6.45) is 0.778. The van der Waals surface area contributed by atoms with E-state index >= 15 is 0 Å². The molecule has 0 aliphatic heterocycles. The highest BCUT2D eigenvalue weighted by molar-refractivity contribution is 5.97. The Morgan fingerprint density at radius 1 is 1.29 bits per heavy atom. The number of hydrogen-bond donors (Lipinski definition) is 3. The molecule has 1 aromatic rings. The zero-order valence-corrected chi connectivity index (χ0v) is 12.5. The van der Waals surface area contributed by atoms with Gasteiger partial charge in [0.1, 0.15) is 6.04 Å². The number of hydrogen-bond acceptors (Lipinski definition) is 4. The third kappa shape index (κ3) is 5.93. The van der Waals surface area contributed by atoms with Crippen molar-refractivity contribution in [3.05, 3.63) is 35.4 Å². The molecule has 1 atom stereocenters. The summed E-state index contributed by atoms with van der Waals surface area (Å²) in [5.41, 5.74) is 7.08. The van der Waals surface area contributed by atoms with Crippen molar-refractivity contribution in [2.45, 2.75) is 19.4 Å². The first kappa shape index (κ1) is 17.1. The summed E-state index contributed by atoms with van der Waals surface area (Å²) in [7, 11) is 1.56. The molecule has 1 unspecified atom stereocenters. The largest absolute Gasteiger partial charge is 0.383 e. The second kappa shape index (κ2) is 9.10. The number of carbonyl (C=O) groups is 2. The average molecular weight is 293 g/mol. The molecular weight excluding hydrogens is 270 g/mol. The number of benzene rings is 1. The number of nitrogens with one attached hydrogen (secondary N) is 2. The molecule has 116 valence electrons. The molecule has 6 heteroatoms. The van der Waals surface area contributed by atoms with Gasteiger partial charge in [-0.2, -0.15) is 0 Å². The van der Waals surface area contributed by atoms with Gasteiger partial charge in [-0.05, 0) is 37.6 Å². The molecule has 1 rings (SSSR count). The molecule has 0 aliphatic carbocycles. The van der Waals surface area contributed by atoms with Gasteiger partial charge in [0.25, 0.3) is 5.91 Å². The highest BCUT2D eigenvalue weighted by Crippen LogP contribution is 2.05. The number of methoxy groups -OCH3 is 1. The lowest BCUT2D eigenvalue weighted by Gasteiger charge is -2.14. The van der Waals surface area contributed by atoms with E-state index in [4.69, 9.17) is 10.5 Å². The third-order valence-electron chi connectivity index (χ3n) is 3.00. The van der Waals surface area contributed by atoms with Gasteiger partial charge in [0.2, 0.25) is 5.91 Å². The van der Waals surface area contributed by atoms with Gasteiger partial charge in [-0.15, -0.1) is 0 Å². The Balaban J connectivity index is 2.49. The number of amides is 2. The first-order chi connectivity index (χ1) is 10.1. The number of carbonyl (C=O) groups excluding carboxylic acids is 2. The van der Waals surface area contributed by atoms with E-state index in [-0.39, 0.29) is 11.8 Å². The van der Waals surface area contributed by atoms with Crippen molar-refractivity contribution in [2.75, 3.05) is 26.8 Å². The van der Waals surface area contributed by atoms with Gasteiger partial charge < -0.3 is 21.1 Å². The third-order valence-corrected chi connectivity index (χ3v) is 3.00. The molecule has 0 bridgehead atoms. The van der Waals surface area contributed by atoms with E-state index in [9.17, 15) is 9.59 Å². The molecular formula is C15H23N3O3. The van der Waals surface area contributed by atoms with Crippen LogP contribution >= 0.6 is 0 Å². The summed E-state index contributed by atoms with van der Waals surface area (Å²) in [6, 6.07) is 6.60. The van der Waals surface area contributed by atoms with Gasteiger partial charge >= 0.3 is 0 Å². The zero-order valence-electron chi connectivity index (χ0n) is 12.5. The van der Waals surface area contributed by atoms with Crippen LogP contribution in [0.4, 0.5) is 0 Å². The molecule has 2 amide bonds. The molecule has 6 nitrogen and oxygen atoms in total. The predicted molar refractivity (Wildman–Crippen MR) is 81.0 cm³/mol. The lowest BCUT2D eigenvalue weighted by molar-refractivity contribution is -0.122. The highest BCUT2D eigenvalue weighted by Gasteiger charge is 2.15. The second-order valence-electron chi connectivity index (χ2n) is 4.71. The van der Waals surface area contributed by atoms with Crippen LogP contribution in [0.15, 0.2) is 24.3 Å². The number of rotatable bonds is 8. The smallest absolute Gasteiger partial charge is 0.251 e. The van der Waals surface area contributed by atoms with Gasteiger partial charge in [-0.3, -0.25) is 9.59 Å². The Bertz CT molecular complexity index is 460. The fourth-order valence-corrected chi connectivity index (χ4v) is 1.76. The zero-order chi connectivity index (χ0) is 15.7. The molecule has 0 spiro atoms. The van der Waals surface area contributed by atoms with E-state index in [1.807, 2.05) is 12.1 Å². The number of ether oxygens (including phenoxy) is 1. The minimum Gasteiger partial charge on any atom is -0.383 e. The first-order valence-corrected chi connectivity index (χ1v) is 6.95. The van der Waals surface area contributed by atoms with Crippen LogP contribution in [0.3, 0.4) is 0 Å². The van der Waals surface area contributed by atoms with Gasteiger partial charge in [0.15, 0.2) is 0 Å². The summed E-state index contributed by atoms with van der Waals surface area (Å²) in [5.74, 6) is -0.510. The van der Waals surface area contributed by atoms with E-state index in [2.05, 4.69) is 10.6 Å². The lowest BCUT2D eigenvalue weighted by Crippen LogP contribution is -2.45. The quantitative estimate of drug-likeness (QED) is 0.591. The van der Waals surface area contributed by atoms with Crippen molar-refractivity contribution >= 4 is 11.8 Å². The van der Waals surface area contributed by atoms with Crippen molar-refractivity contribution < 1.29 is 14.3 Å². The molecule has 21 heavy (non-hydrogen) atoms. The summed E-state index contributed by atoms with van der Waals surface area (Å²) in [6.45, 7) is 3.07. The normalized spacial score (nSPS) is 11.8. The average Bonchev–Trinajstić information content (AvgIpc) is 2.48. The maximum absolute atomic E-state index is 12.0.